The van der Waals surface area contributed by atoms with Gasteiger partial charge in [-0.3, -0.25) is 14.4 Å². The fourth-order valence-electron chi connectivity index (χ4n) is 4.48. The van der Waals surface area contributed by atoms with Gasteiger partial charge in [0.15, 0.2) is 0 Å². The number of nitrogens with two attached hydrogens (primary N) is 1. The number of aromatic nitrogens is 2. The van der Waals surface area contributed by atoms with Crippen LogP contribution in [-0.2, 0) is 23.4 Å². The molecule has 1 aromatic heterocycles. The zero-order valence-electron chi connectivity index (χ0n) is 17.4. The first kappa shape index (κ1) is 20.3. The molecule has 1 amide bonds. The van der Waals surface area contributed by atoms with Crippen molar-refractivity contribution in [2.45, 2.75) is 38.4 Å². The van der Waals surface area contributed by atoms with Crippen molar-refractivity contribution < 1.29 is 9.18 Å². The largest absolute Gasteiger partial charge is 0.378 e. The van der Waals surface area contributed by atoms with Crippen LogP contribution in [0.5, 0.6) is 0 Å². The number of benzene rings is 1. The van der Waals surface area contributed by atoms with Crippen molar-refractivity contribution in [3.05, 3.63) is 65.8 Å². The molecule has 0 fully saturated rings. The maximum Gasteiger partial charge on any atom is 0.217 e. The fraction of sp³-hybridized carbons (Fsp3) is 0.391. The number of halogens is 1. The van der Waals surface area contributed by atoms with Crippen molar-refractivity contribution in [1.82, 2.24) is 20.0 Å². The zero-order chi connectivity index (χ0) is 21.3. The minimum absolute atomic E-state index is 0.0755. The number of hydrogen-bond acceptors (Lipinski definition) is 4. The van der Waals surface area contributed by atoms with Gasteiger partial charge in [-0.1, -0.05) is 19.1 Å². The molecule has 7 heteroatoms. The van der Waals surface area contributed by atoms with Crippen LogP contribution in [0.4, 0.5) is 4.39 Å². The van der Waals surface area contributed by atoms with Crippen LogP contribution in [0, 0.1) is 11.7 Å². The summed E-state index contributed by atoms with van der Waals surface area (Å²) in [6, 6.07) is 6.50. The average Bonchev–Trinajstić information content (AvgIpc) is 3.12. The SMILES string of the molecule is CC(CCC(N)=O)C1(c2c(-c3ccc(F)cc3)nn3c2CN(C)CC3)C=CC=CN1. The molecule has 4 rings (SSSR count). The van der Waals surface area contributed by atoms with E-state index in [1.54, 1.807) is 12.1 Å². The first-order valence-corrected chi connectivity index (χ1v) is 10.4. The maximum atomic E-state index is 13.6. The predicted octanol–water partition coefficient (Wildman–Crippen LogP) is 2.90. The van der Waals surface area contributed by atoms with Crippen molar-refractivity contribution in [1.29, 1.82) is 0 Å². The zero-order valence-corrected chi connectivity index (χ0v) is 17.4. The van der Waals surface area contributed by atoms with Crippen LogP contribution in [0.2, 0.25) is 0 Å². The second-order valence-electron chi connectivity index (χ2n) is 8.28. The lowest BCUT2D eigenvalue weighted by Crippen LogP contribution is -2.46. The second kappa shape index (κ2) is 8.07. The molecule has 2 atom stereocenters. The van der Waals surface area contributed by atoms with E-state index >= 15 is 0 Å². The number of nitrogens with zero attached hydrogens (tertiary/aromatic N) is 3. The molecule has 3 heterocycles. The van der Waals surface area contributed by atoms with Crippen molar-refractivity contribution in [3.8, 4) is 11.3 Å². The van der Waals surface area contributed by atoms with Gasteiger partial charge in [-0.15, -0.1) is 0 Å². The van der Waals surface area contributed by atoms with E-state index < -0.39 is 5.54 Å². The fourth-order valence-corrected chi connectivity index (χ4v) is 4.48. The number of fused-ring (bicyclic) bond motifs is 1. The monoisotopic (exact) mass is 409 g/mol. The Balaban J connectivity index is 1.90. The van der Waals surface area contributed by atoms with E-state index in [1.807, 2.05) is 18.4 Å². The molecule has 0 saturated heterocycles. The highest BCUT2D eigenvalue weighted by Gasteiger charge is 2.42. The van der Waals surface area contributed by atoms with Crippen LogP contribution in [0.25, 0.3) is 11.3 Å². The number of primary amides is 1. The van der Waals surface area contributed by atoms with Crippen LogP contribution < -0.4 is 11.1 Å². The quantitative estimate of drug-likeness (QED) is 0.769. The van der Waals surface area contributed by atoms with E-state index in [2.05, 4.69) is 34.9 Å². The summed E-state index contributed by atoms with van der Waals surface area (Å²) in [6.45, 7) is 4.62. The van der Waals surface area contributed by atoms with E-state index in [-0.39, 0.29) is 17.6 Å². The summed E-state index contributed by atoms with van der Waals surface area (Å²) in [6.07, 6.45) is 9.03. The number of nitrogens with one attached hydrogen (secondary N) is 1. The third-order valence-electron chi connectivity index (χ3n) is 6.19. The number of hydrogen-bond donors (Lipinski definition) is 2. The Morgan fingerprint density at radius 2 is 2.07 bits per heavy atom. The summed E-state index contributed by atoms with van der Waals surface area (Å²) in [5.41, 5.74) is 8.85. The Bertz CT molecular complexity index is 994. The predicted molar refractivity (Wildman–Crippen MR) is 115 cm³/mol. The summed E-state index contributed by atoms with van der Waals surface area (Å²) in [5, 5.41) is 8.54. The van der Waals surface area contributed by atoms with Gasteiger partial charge in [0.2, 0.25) is 5.91 Å². The molecule has 2 unspecified atom stereocenters. The molecule has 3 N–H and O–H groups in total. The number of dihydropyridines is 1. The van der Waals surface area contributed by atoms with Gasteiger partial charge < -0.3 is 11.1 Å². The van der Waals surface area contributed by atoms with Crippen LogP contribution in [0.1, 0.15) is 31.0 Å². The molecule has 2 aliphatic heterocycles. The average molecular weight is 410 g/mol. The Morgan fingerprint density at radius 3 is 2.73 bits per heavy atom. The van der Waals surface area contributed by atoms with E-state index in [9.17, 15) is 9.18 Å². The molecular formula is C23H28FN5O. The van der Waals surface area contributed by atoms with Crippen molar-refractivity contribution >= 4 is 5.91 Å². The molecule has 0 aliphatic carbocycles. The Hall–Kier alpha value is -2.93. The molecule has 0 saturated carbocycles. The topological polar surface area (TPSA) is 76.2 Å². The molecule has 0 bridgehead atoms. The molecule has 0 spiro atoms. The molecule has 1 aromatic carbocycles. The number of carbonyl (C=O) groups is 1. The van der Waals surface area contributed by atoms with E-state index in [4.69, 9.17) is 10.8 Å². The van der Waals surface area contributed by atoms with E-state index in [0.717, 1.165) is 42.1 Å². The Morgan fingerprint density at radius 1 is 1.30 bits per heavy atom. The van der Waals surface area contributed by atoms with Gasteiger partial charge in [0.1, 0.15) is 5.82 Å². The maximum absolute atomic E-state index is 13.6. The number of carbonyl (C=O) groups excluding carboxylic acids is 1. The highest BCUT2D eigenvalue weighted by Crippen LogP contribution is 2.43. The van der Waals surface area contributed by atoms with Crippen molar-refractivity contribution in [2.24, 2.45) is 11.7 Å². The van der Waals surface area contributed by atoms with Gasteiger partial charge in [0.05, 0.1) is 23.5 Å². The third-order valence-corrected chi connectivity index (χ3v) is 6.19. The molecule has 158 valence electrons. The third kappa shape index (κ3) is 3.65. The molecule has 6 nitrogen and oxygen atoms in total. The highest BCUT2D eigenvalue weighted by atomic mass is 19.1. The van der Waals surface area contributed by atoms with E-state index in [0.29, 0.717) is 12.8 Å². The van der Waals surface area contributed by atoms with E-state index in [1.165, 1.54) is 12.1 Å². The van der Waals surface area contributed by atoms with Crippen LogP contribution in [0.3, 0.4) is 0 Å². The summed E-state index contributed by atoms with van der Waals surface area (Å²) < 4.78 is 15.7. The lowest BCUT2D eigenvalue weighted by atomic mass is 9.73. The first-order chi connectivity index (χ1) is 14.4. The minimum Gasteiger partial charge on any atom is -0.378 e. The van der Waals surface area contributed by atoms with Crippen LogP contribution in [-0.4, -0.2) is 34.2 Å². The van der Waals surface area contributed by atoms with Crippen molar-refractivity contribution in [2.75, 3.05) is 13.6 Å². The van der Waals surface area contributed by atoms with Crippen LogP contribution >= 0.6 is 0 Å². The van der Waals surface area contributed by atoms with Gasteiger partial charge in [-0.05, 0) is 55.9 Å². The molecular weight excluding hydrogens is 381 g/mol. The summed E-state index contributed by atoms with van der Waals surface area (Å²) in [7, 11) is 2.10. The normalized spacial score (nSPS) is 21.8. The van der Waals surface area contributed by atoms with Crippen LogP contribution in [0.15, 0.2) is 48.7 Å². The summed E-state index contributed by atoms with van der Waals surface area (Å²) in [5.74, 6) is -0.499. The molecule has 0 radical (unpaired) electrons. The van der Waals surface area contributed by atoms with Gasteiger partial charge >= 0.3 is 0 Å². The van der Waals surface area contributed by atoms with Gasteiger partial charge in [-0.2, -0.15) is 5.10 Å². The summed E-state index contributed by atoms with van der Waals surface area (Å²) >= 11 is 0. The number of amides is 1. The standard InChI is InChI=1S/C23H28FN5O/c1-16(5-10-20(25)30)23(11-3-4-12-26-23)21-19-15-28(2)13-14-29(19)27-22(21)17-6-8-18(24)9-7-17/h3-4,6-9,11-12,16,26H,5,10,13-15H2,1-2H3,(H2,25,30). The highest BCUT2D eigenvalue weighted by molar-refractivity contribution is 5.73. The number of likely N-dealkylation sites (N-methyl/N-ethyl adjacent to an activating group) is 1. The summed E-state index contributed by atoms with van der Waals surface area (Å²) in [4.78, 5) is 13.8. The Labute approximate surface area is 176 Å². The van der Waals surface area contributed by atoms with Gasteiger partial charge in [0, 0.05) is 30.6 Å². The molecule has 2 aromatic rings. The molecule has 30 heavy (non-hydrogen) atoms. The lowest BCUT2D eigenvalue weighted by Gasteiger charge is -2.40. The smallest absolute Gasteiger partial charge is 0.217 e. The first-order valence-electron chi connectivity index (χ1n) is 10.4. The Kier molecular flexibility index (Phi) is 5.47. The second-order valence-corrected chi connectivity index (χ2v) is 8.28. The van der Waals surface area contributed by atoms with Crippen molar-refractivity contribution in [3.63, 3.8) is 0 Å². The minimum atomic E-state index is -0.542. The number of rotatable bonds is 6. The number of allylic oxidation sites excluding steroid dienone is 2. The lowest BCUT2D eigenvalue weighted by molar-refractivity contribution is -0.118. The van der Waals surface area contributed by atoms with Gasteiger partial charge in [0.25, 0.3) is 0 Å². The van der Waals surface area contributed by atoms with Gasteiger partial charge in [-0.25, -0.2) is 4.39 Å². The molecule has 2 aliphatic rings.